The summed E-state index contributed by atoms with van der Waals surface area (Å²) < 4.78 is 13.7. The van der Waals surface area contributed by atoms with Crippen LogP contribution in [0.4, 0.5) is 15.8 Å². The van der Waals surface area contributed by atoms with Gasteiger partial charge in [-0.1, -0.05) is 0 Å². The van der Waals surface area contributed by atoms with Crippen LogP contribution in [0.1, 0.15) is 0 Å². The summed E-state index contributed by atoms with van der Waals surface area (Å²) in [7, 11) is 2.15. The van der Waals surface area contributed by atoms with Crippen molar-refractivity contribution in [2.75, 3.05) is 57.4 Å². The maximum atomic E-state index is 13.2. The van der Waals surface area contributed by atoms with Crippen LogP contribution in [0, 0.1) is 5.82 Å². The van der Waals surface area contributed by atoms with Crippen molar-refractivity contribution in [1.82, 2.24) is 9.80 Å². The Labute approximate surface area is 121 Å². The predicted molar refractivity (Wildman–Crippen MR) is 80.9 cm³/mol. The SMILES string of the molecule is CN1CCN(CCNc2cc(Br)c(F)cc2N)CC1. The Balaban J connectivity index is 1.81. The number of hydrogen-bond acceptors (Lipinski definition) is 4. The van der Waals surface area contributed by atoms with E-state index in [9.17, 15) is 4.39 Å². The number of nitrogens with one attached hydrogen (secondary N) is 1. The lowest BCUT2D eigenvalue weighted by Gasteiger charge is -2.32. The topological polar surface area (TPSA) is 44.5 Å². The number of benzene rings is 1. The molecule has 3 N–H and O–H groups in total. The third-order valence-electron chi connectivity index (χ3n) is 3.43. The second kappa shape index (κ2) is 6.54. The van der Waals surface area contributed by atoms with E-state index in [2.05, 4.69) is 38.1 Å². The summed E-state index contributed by atoms with van der Waals surface area (Å²) in [5, 5.41) is 3.26. The Bertz CT molecular complexity index is 433. The zero-order chi connectivity index (χ0) is 13.8. The average Bonchev–Trinajstić information content (AvgIpc) is 2.38. The van der Waals surface area contributed by atoms with Gasteiger partial charge in [-0.15, -0.1) is 0 Å². The third kappa shape index (κ3) is 4.06. The monoisotopic (exact) mass is 330 g/mol. The second-order valence-corrected chi connectivity index (χ2v) is 5.78. The Morgan fingerprint density at radius 1 is 1.32 bits per heavy atom. The molecule has 0 bridgehead atoms. The summed E-state index contributed by atoms with van der Waals surface area (Å²) in [6.45, 7) is 6.21. The molecule has 0 saturated carbocycles. The lowest BCUT2D eigenvalue weighted by atomic mass is 10.2. The van der Waals surface area contributed by atoms with Crippen molar-refractivity contribution in [2.24, 2.45) is 0 Å². The average molecular weight is 331 g/mol. The Morgan fingerprint density at radius 2 is 2.00 bits per heavy atom. The number of likely N-dealkylation sites (N-methyl/N-ethyl adjacent to an activating group) is 1. The lowest BCUT2D eigenvalue weighted by Crippen LogP contribution is -2.45. The number of hydrogen-bond donors (Lipinski definition) is 2. The largest absolute Gasteiger partial charge is 0.397 e. The first kappa shape index (κ1) is 14.6. The molecule has 1 aliphatic heterocycles. The summed E-state index contributed by atoms with van der Waals surface area (Å²) in [4.78, 5) is 4.75. The molecular formula is C13H20BrFN4. The maximum absolute atomic E-state index is 13.2. The lowest BCUT2D eigenvalue weighted by molar-refractivity contribution is 0.158. The van der Waals surface area contributed by atoms with Crippen LogP contribution in [0.2, 0.25) is 0 Å². The van der Waals surface area contributed by atoms with E-state index < -0.39 is 0 Å². The molecule has 1 aromatic rings. The highest BCUT2D eigenvalue weighted by Crippen LogP contribution is 2.26. The van der Waals surface area contributed by atoms with Crippen LogP contribution in [0.25, 0.3) is 0 Å². The van der Waals surface area contributed by atoms with Crippen LogP contribution < -0.4 is 11.1 Å². The van der Waals surface area contributed by atoms with Gasteiger partial charge in [0.1, 0.15) is 5.82 Å². The van der Waals surface area contributed by atoms with Gasteiger partial charge in [0, 0.05) is 45.3 Å². The molecule has 0 amide bonds. The van der Waals surface area contributed by atoms with Gasteiger partial charge in [0.25, 0.3) is 0 Å². The fraction of sp³-hybridized carbons (Fsp3) is 0.538. The van der Waals surface area contributed by atoms with Gasteiger partial charge in [0.15, 0.2) is 0 Å². The Hall–Kier alpha value is -0.850. The minimum Gasteiger partial charge on any atom is -0.397 e. The van der Waals surface area contributed by atoms with Gasteiger partial charge < -0.3 is 16.0 Å². The molecular weight excluding hydrogens is 311 g/mol. The maximum Gasteiger partial charge on any atom is 0.139 e. The molecule has 1 aliphatic rings. The van der Waals surface area contributed by atoms with Gasteiger partial charge in [0.2, 0.25) is 0 Å². The molecule has 6 heteroatoms. The number of nitrogens with zero attached hydrogens (tertiary/aromatic N) is 2. The molecule has 0 spiro atoms. The van der Waals surface area contributed by atoms with Crippen LogP contribution in [-0.4, -0.2) is 56.1 Å². The molecule has 0 aliphatic carbocycles. The number of rotatable bonds is 4. The number of piperazine rings is 1. The zero-order valence-corrected chi connectivity index (χ0v) is 12.7. The highest BCUT2D eigenvalue weighted by atomic mass is 79.9. The third-order valence-corrected chi connectivity index (χ3v) is 4.04. The van der Waals surface area contributed by atoms with E-state index >= 15 is 0 Å². The summed E-state index contributed by atoms with van der Waals surface area (Å²) in [5.41, 5.74) is 7.01. The van der Waals surface area contributed by atoms with Crippen molar-refractivity contribution >= 4 is 27.3 Å². The van der Waals surface area contributed by atoms with E-state index in [0.29, 0.717) is 10.2 Å². The molecule has 0 radical (unpaired) electrons. The smallest absolute Gasteiger partial charge is 0.139 e. The number of anilines is 2. The fourth-order valence-electron chi connectivity index (χ4n) is 2.14. The van der Waals surface area contributed by atoms with Gasteiger partial charge in [0.05, 0.1) is 15.8 Å². The van der Waals surface area contributed by atoms with E-state index in [1.165, 1.54) is 6.07 Å². The molecule has 4 nitrogen and oxygen atoms in total. The predicted octanol–water partition coefficient (Wildman–Crippen LogP) is 1.83. The van der Waals surface area contributed by atoms with Crippen molar-refractivity contribution in [3.8, 4) is 0 Å². The zero-order valence-electron chi connectivity index (χ0n) is 11.1. The molecule has 1 heterocycles. The molecule has 1 aromatic carbocycles. The van der Waals surface area contributed by atoms with Crippen LogP contribution in [0.3, 0.4) is 0 Å². The first-order valence-corrected chi connectivity index (χ1v) is 7.25. The van der Waals surface area contributed by atoms with Gasteiger partial charge in [-0.25, -0.2) is 4.39 Å². The molecule has 0 unspecified atom stereocenters. The van der Waals surface area contributed by atoms with Crippen molar-refractivity contribution in [2.45, 2.75) is 0 Å². The minimum absolute atomic E-state index is 0.331. The van der Waals surface area contributed by atoms with Crippen LogP contribution in [0.15, 0.2) is 16.6 Å². The van der Waals surface area contributed by atoms with Crippen molar-refractivity contribution in [1.29, 1.82) is 0 Å². The normalized spacial score (nSPS) is 17.6. The summed E-state index contributed by atoms with van der Waals surface area (Å²) in [5.74, 6) is -0.331. The molecule has 0 atom stereocenters. The molecule has 1 fully saturated rings. The first-order chi connectivity index (χ1) is 9.06. The van der Waals surface area contributed by atoms with Crippen LogP contribution in [0.5, 0.6) is 0 Å². The quantitative estimate of drug-likeness (QED) is 0.827. The highest BCUT2D eigenvalue weighted by molar-refractivity contribution is 9.10. The van der Waals surface area contributed by atoms with E-state index in [1.54, 1.807) is 6.07 Å². The Kier molecular flexibility index (Phi) is 5.01. The summed E-state index contributed by atoms with van der Waals surface area (Å²) in [6, 6.07) is 3.02. The standard InChI is InChI=1S/C13H20BrFN4/c1-18-4-6-19(7-5-18)3-2-17-13-8-10(14)11(15)9-12(13)16/h8-9,17H,2-7,16H2,1H3. The van der Waals surface area contributed by atoms with Crippen molar-refractivity contribution < 1.29 is 4.39 Å². The second-order valence-electron chi connectivity index (χ2n) is 4.93. The molecule has 0 aromatic heterocycles. The molecule has 1 saturated heterocycles. The number of nitrogen functional groups attached to an aromatic ring is 1. The number of halogens is 2. The number of nitrogens with two attached hydrogens (primary N) is 1. The van der Waals surface area contributed by atoms with Crippen LogP contribution >= 0.6 is 15.9 Å². The summed E-state index contributed by atoms with van der Waals surface area (Å²) >= 11 is 3.17. The molecule has 19 heavy (non-hydrogen) atoms. The van der Waals surface area contributed by atoms with E-state index in [0.717, 1.165) is 45.0 Å². The van der Waals surface area contributed by atoms with Crippen LogP contribution in [-0.2, 0) is 0 Å². The van der Waals surface area contributed by atoms with E-state index in [-0.39, 0.29) is 5.82 Å². The van der Waals surface area contributed by atoms with E-state index in [1.807, 2.05) is 0 Å². The molecule has 2 rings (SSSR count). The van der Waals surface area contributed by atoms with Crippen molar-refractivity contribution in [3.05, 3.63) is 22.4 Å². The minimum atomic E-state index is -0.331. The van der Waals surface area contributed by atoms with Gasteiger partial charge in [-0.2, -0.15) is 0 Å². The van der Waals surface area contributed by atoms with Gasteiger partial charge in [-0.05, 0) is 29.0 Å². The van der Waals surface area contributed by atoms with Gasteiger partial charge >= 0.3 is 0 Å². The van der Waals surface area contributed by atoms with Crippen molar-refractivity contribution in [3.63, 3.8) is 0 Å². The van der Waals surface area contributed by atoms with Gasteiger partial charge in [-0.3, -0.25) is 4.90 Å². The first-order valence-electron chi connectivity index (χ1n) is 6.45. The highest BCUT2D eigenvalue weighted by Gasteiger charge is 2.13. The molecule has 106 valence electrons. The Morgan fingerprint density at radius 3 is 2.68 bits per heavy atom. The van der Waals surface area contributed by atoms with E-state index in [4.69, 9.17) is 5.73 Å². The summed E-state index contributed by atoms with van der Waals surface area (Å²) in [6.07, 6.45) is 0. The fourth-order valence-corrected chi connectivity index (χ4v) is 2.48.